The van der Waals surface area contributed by atoms with Crippen LogP contribution in [0.15, 0.2) is 12.3 Å². The zero-order valence-corrected chi connectivity index (χ0v) is 22.3. The Bertz CT molecular complexity index is 463. The summed E-state index contributed by atoms with van der Waals surface area (Å²) in [6.45, 7) is 15.7. The molecule has 0 aliphatic heterocycles. The minimum absolute atomic E-state index is 0.627. The number of rotatable bonds is 15. The van der Waals surface area contributed by atoms with Gasteiger partial charge in [-0.25, -0.2) is 0 Å². The van der Waals surface area contributed by atoms with Crippen molar-refractivity contribution in [1.29, 1.82) is 0 Å². The van der Waals surface area contributed by atoms with Crippen molar-refractivity contribution in [3.8, 4) is 0 Å². The monoisotopic (exact) mass is 488 g/mol. The Labute approximate surface area is 168 Å². The van der Waals surface area contributed by atoms with Gasteiger partial charge in [0.1, 0.15) is 0 Å². The molecule has 152 valence electrons. The summed E-state index contributed by atoms with van der Waals surface area (Å²) < 4.78 is 14.0. The van der Waals surface area contributed by atoms with Gasteiger partial charge in [-0.3, -0.25) is 0 Å². The van der Waals surface area contributed by atoms with E-state index in [-0.39, 0.29) is 0 Å². The molecule has 0 amide bonds. The van der Waals surface area contributed by atoms with Crippen LogP contribution in [0.1, 0.15) is 59.3 Å². The van der Waals surface area contributed by atoms with Gasteiger partial charge in [0.2, 0.25) is 0 Å². The molecule has 0 fully saturated rings. The zero-order chi connectivity index (χ0) is 19.5. The number of aromatic nitrogens is 2. The van der Waals surface area contributed by atoms with E-state index in [1.54, 1.807) is 0 Å². The van der Waals surface area contributed by atoms with Crippen LogP contribution < -0.4 is 3.71 Å². The number of hydrogen-bond donors (Lipinski definition) is 0. The molecule has 0 N–H and O–H groups in total. The fraction of sp³-hybridized carbons (Fsp3) is 0.857. The molecule has 0 saturated carbocycles. The first-order valence-corrected chi connectivity index (χ1v) is 22.2. The van der Waals surface area contributed by atoms with Gasteiger partial charge in [-0.05, 0) is 0 Å². The van der Waals surface area contributed by atoms with Crippen LogP contribution >= 0.6 is 0 Å². The van der Waals surface area contributed by atoms with Crippen molar-refractivity contribution in [1.82, 2.24) is 9.78 Å². The van der Waals surface area contributed by atoms with E-state index in [2.05, 4.69) is 57.4 Å². The Kier molecular flexibility index (Phi) is 11.7. The van der Waals surface area contributed by atoms with E-state index >= 15 is 0 Å². The molecule has 1 aromatic heterocycles. The van der Waals surface area contributed by atoms with Crippen molar-refractivity contribution in [2.75, 3.05) is 6.61 Å². The Balaban J connectivity index is 2.80. The Hall–Kier alpha value is 0.186. The minimum atomic E-state index is -2.36. The Morgan fingerprint density at radius 3 is 1.96 bits per heavy atom. The van der Waals surface area contributed by atoms with Crippen LogP contribution in [0.25, 0.3) is 0 Å². The van der Waals surface area contributed by atoms with Crippen molar-refractivity contribution >= 4 is 30.2 Å². The van der Waals surface area contributed by atoms with Crippen molar-refractivity contribution in [3.63, 3.8) is 0 Å². The fourth-order valence-corrected chi connectivity index (χ4v) is 19.7. The van der Waals surface area contributed by atoms with Crippen LogP contribution in [0.2, 0.25) is 39.0 Å². The topological polar surface area (TPSA) is 27.1 Å². The second-order valence-electron chi connectivity index (χ2n) is 9.18. The molecule has 0 aliphatic carbocycles. The van der Waals surface area contributed by atoms with Gasteiger partial charge in [0, 0.05) is 0 Å². The van der Waals surface area contributed by atoms with Gasteiger partial charge in [0.15, 0.2) is 0 Å². The van der Waals surface area contributed by atoms with E-state index in [1.165, 1.54) is 61.6 Å². The van der Waals surface area contributed by atoms with Crippen LogP contribution in [-0.4, -0.2) is 42.8 Å². The Morgan fingerprint density at radius 2 is 1.50 bits per heavy atom. The number of nitrogens with zero attached hydrogens (tertiary/aromatic N) is 2. The molecular formula is C21H44N2OSiSn. The summed E-state index contributed by atoms with van der Waals surface area (Å²) >= 11 is -2.36. The van der Waals surface area contributed by atoms with E-state index in [0.29, 0.717) is 6.73 Å². The van der Waals surface area contributed by atoms with Crippen LogP contribution in [0.3, 0.4) is 0 Å². The summed E-state index contributed by atoms with van der Waals surface area (Å²) in [7, 11) is -1.01. The number of ether oxygens (including phenoxy) is 1. The van der Waals surface area contributed by atoms with Gasteiger partial charge in [-0.2, -0.15) is 0 Å². The molecule has 0 aliphatic rings. The summed E-state index contributed by atoms with van der Waals surface area (Å²) in [5.74, 6) is 0. The van der Waals surface area contributed by atoms with Gasteiger partial charge in [-0.1, -0.05) is 0 Å². The molecule has 0 radical (unpaired) electrons. The normalized spacial score (nSPS) is 12.7. The SMILES string of the molecule is CCC[CH2][Sn]([CH2]CCC)([CH2]CCC)[c]1ccn(COCC[Si](C)(C)C)n1. The van der Waals surface area contributed by atoms with Gasteiger partial charge in [-0.15, -0.1) is 0 Å². The molecule has 0 unspecified atom stereocenters. The second kappa shape index (κ2) is 12.6. The number of hydrogen-bond acceptors (Lipinski definition) is 2. The molecule has 1 aromatic rings. The molecule has 26 heavy (non-hydrogen) atoms. The maximum absolute atomic E-state index is 5.92. The first-order valence-electron chi connectivity index (χ1n) is 11.0. The second-order valence-corrected chi connectivity index (χ2v) is 27.9. The molecule has 1 heterocycles. The van der Waals surface area contributed by atoms with Crippen molar-refractivity contribution < 1.29 is 4.74 Å². The first-order chi connectivity index (χ1) is 12.4. The third kappa shape index (κ3) is 8.92. The third-order valence-electron chi connectivity index (χ3n) is 5.43. The van der Waals surface area contributed by atoms with Crippen LogP contribution in [0.5, 0.6) is 0 Å². The van der Waals surface area contributed by atoms with E-state index < -0.39 is 26.5 Å². The van der Waals surface area contributed by atoms with Crippen LogP contribution in [-0.2, 0) is 11.5 Å². The molecule has 0 aromatic carbocycles. The standard InChI is InChI=1S/C9H17N2OSi.3C4H9.Sn/c1-13(2,3)8-7-12-9-11-6-4-5-10-11;3*1-3-4-2;/h4,6H,7-9H2,1-3H3;3*1,3-4H2,2H3;. The van der Waals surface area contributed by atoms with Crippen LogP contribution in [0, 0.1) is 0 Å². The molecule has 0 bridgehead atoms. The third-order valence-corrected chi connectivity index (χ3v) is 22.2. The molecule has 1 rings (SSSR count). The van der Waals surface area contributed by atoms with Gasteiger partial charge >= 0.3 is 169 Å². The molecule has 0 saturated heterocycles. The molecular weight excluding hydrogens is 443 g/mol. The van der Waals surface area contributed by atoms with Crippen LogP contribution in [0.4, 0.5) is 0 Å². The Morgan fingerprint density at radius 1 is 0.962 bits per heavy atom. The van der Waals surface area contributed by atoms with Gasteiger partial charge < -0.3 is 0 Å². The summed E-state index contributed by atoms with van der Waals surface area (Å²) in [5, 5.41) is 5.07. The first kappa shape index (κ1) is 24.2. The van der Waals surface area contributed by atoms with Crippen molar-refractivity contribution in [2.45, 2.75) is 105 Å². The summed E-state index contributed by atoms with van der Waals surface area (Å²) in [4.78, 5) is 0. The molecule has 3 nitrogen and oxygen atoms in total. The van der Waals surface area contributed by atoms with Gasteiger partial charge in [0.05, 0.1) is 0 Å². The molecule has 0 atom stereocenters. The van der Waals surface area contributed by atoms with Gasteiger partial charge in [0.25, 0.3) is 0 Å². The van der Waals surface area contributed by atoms with E-state index in [9.17, 15) is 0 Å². The average molecular weight is 487 g/mol. The fourth-order valence-electron chi connectivity index (χ4n) is 3.56. The zero-order valence-electron chi connectivity index (χ0n) is 18.4. The number of unbranched alkanes of at least 4 members (excludes halogenated alkanes) is 3. The summed E-state index contributed by atoms with van der Waals surface area (Å²) in [6.07, 6.45) is 10.3. The van der Waals surface area contributed by atoms with E-state index in [0.717, 1.165) is 6.61 Å². The quantitative estimate of drug-likeness (QED) is 0.216. The summed E-state index contributed by atoms with van der Waals surface area (Å²) in [5.41, 5.74) is 0. The van der Waals surface area contributed by atoms with E-state index in [1.807, 2.05) is 0 Å². The maximum atomic E-state index is 5.92. The predicted octanol–water partition coefficient (Wildman–Crippen LogP) is 6.25. The molecule has 5 heteroatoms. The molecule has 0 spiro atoms. The average Bonchev–Trinajstić information content (AvgIpc) is 3.07. The van der Waals surface area contributed by atoms with Crippen molar-refractivity contribution in [3.05, 3.63) is 12.3 Å². The van der Waals surface area contributed by atoms with Crippen molar-refractivity contribution in [2.24, 2.45) is 0 Å². The van der Waals surface area contributed by atoms with E-state index in [4.69, 9.17) is 9.84 Å². The predicted molar refractivity (Wildman–Crippen MR) is 121 cm³/mol. The summed E-state index contributed by atoms with van der Waals surface area (Å²) in [6, 6.07) is 3.59.